The van der Waals surface area contributed by atoms with Crippen molar-refractivity contribution in [2.24, 2.45) is 5.73 Å². The molecule has 2 rings (SSSR count). The highest BCUT2D eigenvalue weighted by atomic mass is 35.5. The summed E-state index contributed by atoms with van der Waals surface area (Å²) in [6.07, 6.45) is 0. The molecule has 0 amide bonds. The molecule has 0 fully saturated rings. The summed E-state index contributed by atoms with van der Waals surface area (Å²) in [5.74, 6) is -0.387. The molecule has 19 heavy (non-hydrogen) atoms. The van der Waals surface area contributed by atoms with Gasteiger partial charge in [0.1, 0.15) is 10.8 Å². The smallest absolute Gasteiger partial charge is 0.146 e. The van der Waals surface area contributed by atoms with Gasteiger partial charge in [0.2, 0.25) is 0 Å². The molecule has 2 aromatic carbocycles. The Bertz CT molecular complexity index is 643. The number of thiocarbonyl (C=S) groups is 1. The molecule has 0 saturated carbocycles. The summed E-state index contributed by atoms with van der Waals surface area (Å²) in [6.45, 7) is 1.90. The third-order valence-electron chi connectivity index (χ3n) is 2.73. The van der Waals surface area contributed by atoms with Crippen molar-refractivity contribution >= 4 is 40.2 Å². The molecule has 0 aliphatic carbocycles. The summed E-state index contributed by atoms with van der Waals surface area (Å²) in [5.41, 5.74) is 8.25. The minimum Gasteiger partial charge on any atom is -0.389 e. The molecule has 2 nitrogen and oxygen atoms in total. The molecule has 2 aromatic rings. The Labute approximate surface area is 121 Å². The van der Waals surface area contributed by atoms with Gasteiger partial charge in [-0.25, -0.2) is 4.39 Å². The van der Waals surface area contributed by atoms with Gasteiger partial charge in [-0.2, -0.15) is 0 Å². The van der Waals surface area contributed by atoms with Crippen molar-refractivity contribution in [1.29, 1.82) is 0 Å². The Morgan fingerprint density at radius 1 is 1.32 bits per heavy atom. The molecule has 3 N–H and O–H groups in total. The van der Waals surface area contributed by atoms with Gasteiger partial charge in [0.25, 0.3) is 0 Å². The third-order valence-corrected chi connectivity index (χ3v) is 3.18. The fourth-order valence-corrected chi connectivity index (χ4v) is 2.11. The molecule has 5 heteroatoms. The van der Waals surface area contributed by atoms with Crippen LogP contribution in [0.3, 0.4) is 0 Å². The molecular formula is C14H12ClFN2S. The predicted molar refractivity (Wildman–Crippen MR) is 81.8 cm³/mol. The zero-order valence-electron chi connectivity index (χ0n) is 10.2. The lowest BCUT2D eigenvalue weighted by atomic mass is 10.1. The number of nitrogens with one attached hydrogen (secondary N) is 1. The molecule has 0 heterocycles. The maximum atomic E-state index is 13.7. The van der Waals surface area contributed by atoms with Gasteiger partial charge >= 0.3 is 0 Å². The Morgan fingerprint density at radius 2 is 2.05 bits per heavy atom. The summed E-state index contributed by atoms with van der Waals surface area (Å²) in [4.78, 5) is 0.258. The van der Waals surface area contributed by atoms with Crippen LogP contribution >= 0.6 is 23.8 Å². The number of rotatable bonds is 3. The average molecular weight is 295 g/mol. The maximum Gasteiger partial charge on any atom is 0.146 e. The quantitative estimate of drug-likeness (QED) is 0.835. The van der Waals surface area contributed by atoms with Crippen molar-refractivity contribution in [3.05, 3.63) is 58.4 Å². The number of anilines is 2. The first-order valence-corrected chi connectivity index (χ1v) is 6.39. The number of hydrogen-bond acceptors (Lipinski definition) is 2. The molecule has 98 valence electrons. The van der Waals surface area contributed by atoms with E-state index in [9.17, 15) is 4.39 Å². The molecule has 0 spiro atoms. The van der Waals surface area contributed by atoms with Crippen LogP contribution in [0.25, 0.3) is 0 Å². The van der Waals surface area contributed by atoms with Crippen molar-refractivity contribution in [2.75, 3.05) is 5.32 Å². The van der Waals surface area contributed by atoms with E-state index in [0.717, 1.165) is 5.56 Å². The fourth-order valence-electron chi connectivity index (χ4n) is 1.77. The first kappa shape index (κ1) is 13.8. The van der Waals surface area contributed by atoms with E-state index >= 15 is 0 Å². The molecule has 0 bridgehead atoms. The number of hydrogen-bond donors (Lipinski definition) is 2. The minimum atomic E-state index is -0.387. The van der Waals surface area contributed by atoms with Gasteiger partial charge in [0, 0.05) is 10.6 Å². The second-order valence-corrected chi connectivity index (χ2v) is 4.99. The first-order chi connectivity index (χ1) is 8.99. The van der Waals surface area contributed by atoms with Crippen molar-refractivity contribution < 1.29 is 4.39 Å². The molecule has 0 aliphatic heterocycles. The van der Waals surface area contributed by atoms with E-state index in [4.69, 9.17) is 29.6 Å². The van der Waals surface area contributed by atoms with Gasteiger partial charge < -0.3 is 11.1 Å². The van der Waals surface area contributed by atoms with Crippen molar-refractivity contribution in [3.8, 4) is 0 Å². The standard InChI is InChI=1S/C14H12ClFN2S/c1-8-3-2-4-10(14(17)19)13(8)18-12-7-9(15)5-6-11(12)16/h2-7,18H,1H3,(H2,17,19). The lowest BCUT2D eigenvalue weighted by molar-refractivity contribution is 0.632. The molecule has 0 atom stereocenters. The Hall–Kier alpha value is -1.65. The van der Waals surface area contributed by atoms with Gasteiger partial charge in [-0.05, 0) is 36.8 Å². The highest BCUT2D eigenvalue weighted by molar-refractivity contribution is 7.80. The van der Waals surface area contributed by atoms with Gasteiger partial charge in [-0.15, -0.1) is 0 Å². The molecule has 0 radical (unpaired) electrons. The van der Waals surface area contributed by atoms with Gasteiger partial charge in [0.15, 0.2) is 0 Å². The number of nitrogens with two attached hydrogens (primary N) is 1. The maximum absolute atomic E-state index is 13.7. The predicted octanol–water partition coefficient (Wildman–Crippen LogP) is 4.17. The topological polar surface area (TPSA) is 38.0 Å². The summed E-state index contributed by atoms with van der Waals surface area (Å²) in [5, 5.41) is 3.46. The molecular weight excluding hydrogens is 283 g/mol. The van der Waals surface area contributed by atoms with E-state index in [1.165, 1.54) is 18.2 Å². The van der Waals surface area contributed by atoms with Crippen LogP contribution in [0.15, 0.2) is 36.4 Å². The average Bonchev–Trinajstić information content (AvgIpc) is 2.35. The summed E-state index contributed by atoms with van der Waals surface area (Å²) in [7, 11) is 0. The zero-order valence-corrected chi connectivity index (χ0v) is 11.8. The van der Waals surface area contributed by atoms with Crippen molar-refractivity contribution in [3.63, 3.8) is 0 Å². The Morgan fingerprint density at radius 3 is 2.74 bits per heavy atom. The van der Waals surface area contributed by atoms with Crippen molar-refractivity contribution in [2.45, 2.75) is 6.92 Å². The highest BCUT2D eigenvalue weighted by Crippen LogP contribution is 2.28. The largest absolute Gasteiger partial charge is 0.389 e. The van der Waals surface area contributed by atoms with Crippen LogP contribution in [0.5, 0.6) is 0 Å². The summed E-state index contributed by atoms with van der Waals surface area (Å²) >= 11 is 10.9. The van der Waals surface area contributed by atoms with Gasteiger partial charge in [0.05, 0.1) is 11.4 Å². The molecule has 0 unspecified atom stereocenters. The Balaban J connectivity index is 2.49. The van der Waals surface area contributed by atoms with Crippen LogP contribution in [0, 0.1) is 12.7 Å². The van der Waals surface area contributed by atoms with Crippen LogP contribution in [-0.4, -0.2) is 4.99 Å². The van der Waals surface area contributed by atoms with E-state index < -0.39 is 0 Å². The molecule has 0 aromatic heterocycles. The monoisotopic (exact) mass is 294 g/mol. The van der Waals surface area contributed by atoms with E-state index in [2.05, 4.69) is 5.32 Å². The second-order valence-electron chi connectivity index (χ2n) is 4.11. The van der Waals surface area contributed by atoms with Crippen LogP contribution in [-0.2, 0) is 0 Å². The number of para-hydroxylation sites is 1. The second kappa shape index (κ2) is 5.55. The zero-order chi connectivity index (χ0) is 14.0. The lowest BCUT2D eigenvalue weighted by Crippen LogP contribution is -2.13. The fraction of sp³-hybridized carbons (Fsp3) is 0.0714. The van der Waals surface area contributed by atoms with Crippen molar-refractivity contribution in [1.82, 2.24) is 0 Å². The summed E-state index contributed by atoms with van der Waals surface area (Å²) < 4.78 is 13.7. The van der Waals surface area contributed by atoms with Crippen LogP contribution in [0.1, 0.15) is 11.1 Å². The Kier molecular flexibility index (Phi) is 4.02. The molecule has 0 aliphatic rings. The van der Waals surface area contributed by atoms with Crippen LogP contribution < -0.4 is 11.1 Å². The van der Waals surface area contributed by atoms with E-state index in [1.807, 2.05) is 19.1 Å². The van der Waals surface area contributed by atoms with E-state index in [-0.39, 0.29) is 10.8 Å². The van der Waals surface area contributed by atoms with Gasteiger partial charge in [-0.3, -0.25) is 0 Å². The molecule has 0 saturated heterocycles. The van der Waals surface area contributed by atoms with Gasteiger partial charge in [-0.1, -0.05) is 36.0 Å². The SMILES string of the molecule is Cc1cccc(C(N)=S)c1Nc1cc(Cl)ccc1F. The van der Waals surface area contributed by atoms with E-state index in [0.29, 0.717) is 22.0 Å². The number of benzene rings is 2. The number of aryl methyl sites for hydroxylation is 1. The third kappa shape index (κ3) is 3.03. The van der Waals surface area contributed by atoms with Crippen LogP contribution in [0.2, 0.25) is 5.02 Å². The minimum absolute atomic E-state index is 0.258. The van der Waals surface area contributed by atoms with Crippen LogP contribution in [0.4, 0.5) is 15.8 Å². The highest BCUT2D eigenvalue weighted by Gasteiger charge is 2.10. The van der Waals surface area contributed by atoms with E-state index in [1.54, 1.807) is 6.07 Å². The lowest BCUT2D eigenvalue weighted by Gasteiger charge is -2.14. The first-order valence-electron chi connectivity index (χ1n) is 5.60. The summed E-state index contributed by atoms with van der Waals surface area (Å²) in [6, 6.07) is 9.86. The number of halogens is 2. The normalized spacial score (nSPS) is 10.3.